The Kier molecular flexibility index (Phi) is 96.7. The molecule has 0 bridgehead atoms. The van der Waals surface area contributed by atoms with Gasteiger partial charge in [0.15, 0.2) is 0 Å². The Bertz CT molecular complexity index is 43.0. The minimum Gasteiger partial charge on any atom is -0.0776 e. The minimum atomic E-state index is 0. The van der Waals surface area contributed by atoms with Crippen molar-refractivity contribution in [1.82, 2.24) is 0 Å². The molecule has 0 unspecified atom stereocenters. The van der Waals surface area contributed by atoms with Gasteiger partial charge >= 0.3 is 0 Å². The lowest BCUT2D eigenvalue weighted by molar-refractivity contribution is 0.469. The molecule has 0 heterocycles. The van der Waals surface area contributed by atoms with Gasteiger partial charge in [0.05, 0.1) is 0 Å². The average Bonchev–Trinajstić information content (AvgIpc) is 2.08. The Hall–Kier alpha value is 0. The second kappa shape index (κ2) is 36.1. The zero-order valence-electron chi connectivity index (χ0n) is 15.0. The third kappa shape index (κ3) is 0. The molecule has 0 aliphatic carbocycles. The molecule has 0 atom stereocenters. The van der Waals surface area contributed by atoms with Crippen LogP contribution in [0.15, 0.2) is 0 Å². The molecule has 0 aliphatic heterocycles. The van der Waals surface area contributed by atoms with E-state index in [0.29, 0.717) is 10.8 Å². The Labute approximate surface area is 130 Å². The Balaban J connectivity index is -0.0000000137. The van der Waals surface area contributed by atoms with Crippen LogP contribution in [0.2, 0.25) is 0 Å². The van der Waals surface area contributed by atoms with Gasteiger partial charge in [0, 0.05) is 0 Å². The maximum Gasteiger partial charge on any atom is -0.0411 e. The van der Waals surface area contributed by atoms with Crippen molar-refractivity contribution in [3.05, 3.63) is 0 Å². The Morgan fingerprint density at radius 2 is 0.316 bits per heavy atom. The number of hydrogen-bond donors (Lipinski definition) is 0. The quantitative estimate of drug-likeness (QED) is 0.415. The zero-order chi connectivity index (χ0) is 15.0. The van der Waals surface area contributed by atoms with Crippen LogP contribution >= 0.6 is 0 Å². The van der Waals surface area contributed by atoms with E-state index in [4.69, 9.17) is 0 Å². The first kappa shape index (κ1) is 50.9. The highest BCUT2D eigenvalue weighted by molar-refractivity contribution is 4.47. The predicted octanol–water partition coefficient (Wildman–Crippen LogP) is 9.09. The molecule has 0 amide bonds. The van der Waals surface area contributed by atoms with Crippen LogP contribution in [0.3, 0.4) is 0 Å². The van der Waals surface area contributed by atoms with E-state index >= 15 is 0 Å². The van der Waals surface area contributed by atoms with Crippen molar-refractivity contribution < 1.29 is 0 Å². The van der Waals surface area contributed by atoms with Gasteiger partial charge in [0.25, 0.3) is 0 Å². The molecule has 0 saturated carbocycles. The standard InChI is InChI=1S/2C5H12.3C2H6.3CH4/c2*1-5(2,3)4;3*1-2;;;/h2*1-4H3;3*1-2H3;3*1H4. The van der Waals surface area contributed by atoms with Gasteiger partial charge in [0.1, 0.15) is 0 Å². The minimum absolute atomic E-state index is 0. The van der Waals surface area contributed by atoms with E-state index in [1.807, 2.05) is 41.5 Å². The van der Waals surface area contributed by atoms with Gasteiger partial charge in [-0.25, -0.2) is 0 Å². The third-order valence-corrected chi connectivity index (χ3v) is 0. The van der Waals surface area contributed by atoms with Gasteiger partial charge in [-0.3, -0.25) is 0 Å². The molecular weight excluding hydrogens is 228 g/mol. The molecule has 0 aliphatic rings. The van der Waals surface area contributed by atoms with E-state index in [2.05, 4.69) is 55.4 Å². The molecule has 0 aromatic heterocycles. The van der Waals surface area contributed by atoms with Crippen LogP contribution in [0.25, 0.3) is 0 Å². The number of rotatable bonds is 0. The van der Waals surface area contributed by atoms with Crippen molar-refractivity contribution in [1.29, 1.82) is 0 Å². The molecule has 0 nitrogen and oxygen atoms in total. The van der Waals surface area contributed by atoms with Crippen molar-refractivity contribution >= 4 is 0 Å². The van der Waals surface area contributed by atoms with E-state index in [9.17, 15) is 0 Å². The molecule has 0 N–H and O–H groups in total. The summed E-state index contributed by atoms with van der Waals surface area (Å²) in [6.07, 6.45) is 0. The van der Waals surface area contributed by atoms with Gasteiger partial charge in [-0.05, 0) is 10.8 Å². The highest BCUT2D eigenvalue weighted by Crippen LogP contribution is 2.08. The molecule has 0 aromatic rings. The fraction of sp³-hybridized carbons (Fsp3) is 1.00. The molecule has 0 saturated heterocycles. The number of hydrogen-bond acceptors (Lipinski definition) is 0. The molecule has 0 rings (SSSR count). The van der Waals surface area contributed by atoms with Gasteiger partial charge in [-0.1, -0.05) is 119 Å². The van der Waals surface area contributed by atoms with Gasteiger partial charge in [0.2, 0.25) is 0 Å². The molecule has 19 heavy (non-hydrogen) atoms. The SMILES string of the molecule is C.C.C.CC.CC.CC.CC(C)(C)C.CC(C)(C)C. The summed E-state index contributed by atoms with van der Waals surface area (Å²) < 4.78 is 0. The molecular formula is C19H54. The van der Waals surface area contributed by atoms with Crippen molar-refractivity contribution in [2.45, 2.75) is 119 Å². The van der Waals surface area contributed by atoms with Crippen LogP contribution in [-0.4, -0.2) is 0 Å². The van der Waals surface area contributed by atoms with Crippen LogP contribution in [0.5, 0.6) is 0 Å². The van der Waals surface area contributed by atoms with E-state index in [1.165, 1.54) is 0 Å². The first-order chi connectivity index (χ1) is 7.00. The first-order valence-corrected chi connectivity index (χ1v) is 7.00. The van der Waals surface area contributed by atoms with Gasteiger partial charge in [-0.2, -0.15) is 0 Å². The molecule has 0 fully saturated rings. The van der Waals surface area contributed by atoms with E-state index < -0.39 is 0 Å². The van der Waals surface area contributed by atoms with Crippen LogP contribution in [0, 0.1) is 10.8 Å². The summed E-state index contributed by atoms with van der Waals surface area (Å²) in [5.74, 6) is 0. The van der Waals surface area contributed by atoms with Gasteiger partial charge in [-0.15, -0.1) is 0 Å². The van der Waals surface area contributed by atoms with Crippen LogP contribution in [0.4, 0.5) is 0 Å². The lowest BCUT2D eigenvalue weighted by Gasteiger charge is -2.05. The summed E-state index contributed by atoms with van der Waals surface area (Å²) in [5, 5.41) is 0. The van der Waals surface area contributed by atoms with Crippen molar-refractivity contribution in [3.8, 4) is 0 Å². The molecule has 0 spiro atoms. The Morgan fingerprint density at radius 3 is 0.316 bits per heavy atom. The van der Waals surface area contributed by atoms with Gasteiger partial charge < -0.3 is 0 Å². The summed E-state index contributed by atoms with van der Waals surface area (Å²) in [6, 6.07) is 0. The monoisotopic (exact) mass is 282 g/mol. The summed E-state index contributed by atoms with van der Waals surface area (Å²) >= 11 is 0. The lowest BCUT2D eigenvalue weighted by Crippen LogP contribution is -1.93. The zero-order valence-corrected chi connectivity index (χ0v) is 15.0. The van der Waals surface area contributed by atoms with E-state index in [1.54, 1.807) is 0 Å². The predicted molar refractivity (Wildman–Crippen MR) is 104 cm³/mol. The summed E-state index contributed by atoms with van der Waals surface area (Å²) in [6.45, 7) is 29.5. The van der Waals surface area contributed by atoms with Crippen molar-refractivity contribution in [2.75, 3.05) is 0 Å². The van der Waals surface area contributed by atoms with E-state index in [-0.39, 0.29) is 22.3 Å². The van der Waals surface area contributed by atoms with Crippen LogP contribution in [-0.2, 0) is 0 Å². The summed E-state index contributed by atoms with van der Waals surface area (Å²) in [7, 11) is 0. The van der Waals surface area contributed by atoms with Crippen molar-refractivity contribution in [2.24, 2.45) is 10.8 Å². The molecule has 0 heteroatoms. The molecule has 0 aromatic carbocycles. The molecule has 130 valence electrons. The second-order valence-electron chi connectivity index (χ2n) is 6.00. The fourth-order valence-electron chi connectivity index (χ4n) is 0. The fourth-order valence-corrected chi connectivity index (χ4v) is 0. The average molecular weight is 283 g/mol. The van der Waals surface area contributed by atoms with Crippen molar-refractivity contribution in [3.63, 3.8) is 0 Å². The highest BCUT2D eigenvalue weighted by Gasteiger charge is 1.96. The first-order valence-electron chi connectivity index (χ1n) is 7.00. The maximum absolute atomic E-state index is 2.19. The summed E-state index contributed by atoms with van der Waals surface area (Å²) in [5.41, 5.74) is 1.00. The van der Waals surface area contributed by atoms with Crippen LogP contribution in [0.1, 0.15) is 119 Å². The summed E-state index contributed by atoms with van der Waals surface area (Å²) in [4.78, 5) is 0. The Morgan fingerprint density at radius 1 is 0.316 bits per heavy atom. The van der Waals surface area contributed by atoms with Crippen LogP contribution < -0.4 is 0 Å². The van der Waals surface area contributed by atoms with E-state index in [0.717, 1.165) is 0 Å². The normalized spacial score (nSPS) is 7.26. The highest BCUT2D eigenvalue weighted by atomic mass is 14.0. The lowest BCUT2D eigenvalue weighted by atomic mass is 10.0. The third-order valence-electron chi connectivity index (χ3n) is 0. The topological polar surface area (TPSA) is 0 Å². The largest absolute Gasteiger partial charge is 0.0776 e. The second-order valence-corrected chi connectivity index (χ2v) is 6.00. The smallest absolute Gasteiger partial charge is 0.0411 e. The molecule has 0 radical (unpaired) electrons. The maximum atomic E-state index is 2.19.